The Hall–Kier alpha value is -3.48. The second kappa shape index (κ2) is 11.7. The van der Waals surface area contributed by atoms with E-state index in [1.165, 1.54) is 19.1 Å². The molecule has 1 aliphatic heterocycles. The van der Waals surface area contributed by atoms with E-state index in [2.05, 4.69) is 9.51 Å². The molecule has 0 bridgehead atoms. The smallest absolute Gasteiger partial charge is 0.470 e. The third kappa shape index (κ3) is 6.94. The lowest BCUT2D eigenvalue weighted by Crippen LogP contribution is -2.57. The molecule has 19 heteroatoms. The minimum absolute atomic E-state index is 0.0551. The third-order valence-corrected chi connectivity index (χ3v) is 6.49. The summed E-state index contributed by atoms with van der Waals surface area (Å²) in [5.41, 5.74) is 4.01. The zero-order chi connectivity index (χ0) is 29.2. The standard InChI is InChI=1S/C20H26N5O13P/c1-7(13(28)9-3-2-8(26)6-22-9)11(21)17(30)24-12(19(31)32)15-14(29)16(38-39(34,35)36)18(37-15)25-5-4-10(27)23-20(25)33/h2-7,11-16,18,26,28-29H,21H2,1H3,(H,24,30)(H,31,32)(H,23,27,33)(H2,34,35,36)/t7-,11-,12-,13-,14+,15+,16+,18+/m0/s1. The van der Waals surface area contributed by atoms with Crippen molar-refractivity contribution in [1.29, 1.82) is 0 Å². The number of ether oxygens (including phenoxy) is 1. The summed E-state index contributed by atoms with van der Waals surface area (Å²) in [6.45, 7) is 1.36. The van der Waals surface area contributed by atoms with Crippen LogP contribution in [-0.2, 0) is 23.4 Å². The Labute approximate surface area is 217 Å². The topological polar surface area (TPSA) is 297 Å². The number of amides is 1. The normalized spacial score (nSPS) is 24.5. The summed E-state index contributed by atoms with van der Waals surface area (Å²) in [4.78, 5) is 72.8. The highest BCUT2D eigenvalue weighted by molar-refractivity contribution is 7.46. The number of aromatic nitrogens is 3. The molecule has 1 aliphatic rings. The van der Waals surface area contributed by atoms with Gasteiger partial charge in [-0.2, -0.15) is 0 Å². The zero-order valence-electron chi connectivity index (χ0n) is 20.0. The number of carboxylic acids is 1. The molecule has 2 aromatic heterocycles. The summed E-state index contributed by atoms with van der Waals surface area (Å²) < 4.78 is 22.1. The van der Waals surface area contributed by atoms with Crippen LogP contribution in [0.1, 0.15) is 24.9 Å². The second-order valence-corrected chi connectivity index (χ2v) is 9.85. The van der Waals surface area contributed by atoms with Gasteiger partial charge in [-0.1, -0.05) is 6.92 Å². The monoisotopic (exact) mass is 575 g/mol. The van der Waals surface area contributed by atoms with Gasteiger partial charge in [0.1, 0.15) is 30.2 Å². The minimum atomic E-state index is -5.35. The largest absolute Gasteiger partial charge is 0.506 e. The number of carbonyl (C=O) groups is 2. The number of aromatic hydroxyl groups is 1. The molecule has 0 unspecified atom stereocenters. The maximum absolute atomic E-state index is 12.8. The molecular weight excluding hydrogens is 549 g/mol. The van der Waals surface area contributed by atoms with Crippen molar-refractivity contribution < 1.29 is 53.6 Å². The summed E-state index contributed by atoms with van der Waals surface area (Å²) in [5, 5.41) is 42.4. The quantitative estimate of drug-likeness (QED) is 0.125. The van der Waals surface area contributed by atoms with E-state index in [0.717, 1.165) is 18.5 Å². The molecule has 3 rings (SSSR count). The summed E-state index contributed by atoms with van der Waals surface area (Å²) in [6.07, 6.45) is -7.47. The summed E-state index contributed by atoms with van der Waals surface area (Å²) >= 11 is 0. The molecule has 39 heavy (non-hydrogen) atoms. The van der Waals surface area contributed by atoms with Gasteiger partial charge in [-0.25, -0.2) is 14.2 Å². The van der Waals surface area contributed by atoms with E-state index in [-0.39, 0.29) is 11.4 Å². The third-order valence-electron chi connectivity index (χ3n) is 5.97. The maximum atomic E-state index is 12.8. The van der Waals surface area contributed by atoms with E-state index in [0.29, 0.717) is 4.57 Å². The Kier molecular flexibility index (Phi) is 9.04. The molecule has 0 spiro atoms. The van der Waals surface area contributed by atoms with Gasteiger partial charge in [0.15, 0.2) is 12.3 Å². The summed E-state index contributed by atoms with van der Waals surface area (Å²) in [7, 11) is -5.35. The number of nitrogens with zero attached hydrogens (tertiary/aromatic N) is 2. The summed E-state index contributed by atoms with van der Waals surface area (Å²) in [5.74, 6) is -4.12. The van der Waals surface area contributed by atoms with Crippen molar-refractivity contribution in [3.63, 3.8) is 0 Å². The number of nitrogens with one attached hydrogen (secondary N) is 2. The lowest BCUT2D eigenvalue weighted by atomic mass is 9.92. The molecule has 1 saturated heterocycles. The Bertz CT molecular complexity index is 1360. The number of hydrogen-bond acceptors (Lipinski definition) is 12. The molecule has 0 saturated carbocycles. The van der Waals surface area contributed by atoms with E-state index >= 15 is 0 Å². The molecule has 2 aromatic rings. The Morgan fingerprint density at radius 2 is 1.95 bits per heavy atom. The van der Waals surface area contributed by atoms with Gasteiger partial charge in [-0.05, 0) is 12.1 Å². The number of aromatic amines is 1. The van der Waals surface area contributed by atoms with E-state index in [1.807, 2.05) is 10.3 Å². The van der Waals surface area contributed by atoms with Crippen molar-refractivity contribution in [3.05, 3.63) is 57.1 Å². The molecule has 10 N–H and O–H groups in total. The number of carbonyl (C=O) groups excluding carboxylic acids is 1. The van der Waals surface area contributed by atoms with Crippen molar-refractivity contribution in [2.45, 2.75) is 49.7 Å². The molecular formula is C20H26N5O13P. The van der Waals surface area contributed by atoms with Crippen LogP contribution in [-0.4, -0.2) is 87.0 Å². The molecule has 214 valence electrons. The lowest BCUT2D eigenvalue weighted by molar-refractivity contribution is -0.149. The van der Waals surface area contributed by atoms with E-state index < -0.39 is 79.6 Å². The van der Waals surface area contributed by atoms with Gasteiger partial charge < -0.3 is 46.0 Å². The number of nitrogens with two attached hydrogens (primary N) is 1. The molecule has 1 fully saturated rings. The van der Waals surface area contributed by atoms with Crippen molar-refractivity contribution >= 4 is 19.7 Å². The first-order valence-electron chi connectivity index (χ1n) is 11.1. The number of hydrogen-bond donors (Lipinski definition) is 9. The maximum Gasteiger partial charge on any atom is 0.470 e. The van der Waals surface area contributed by atoms with Gasteiger partial charge in [0.05, 0.1) is 17.9 Å². The molecule has 0 aromatic carbocycles. The van der Waals surface area contributed by atoms with Gasteiger partial charge in [-0.15, -0.1) is 0 Å². The van der Waals surface area contributed by atoms with Crippen LogP contribution < -0.4 is 22.3 Å². The minimum Gasteiger partial charge on any atom is -0.506 e. The van der Waals surface area contributed by atoms with Crippen LogP contribution in [0.15, 0.2) is 40.2 Å². The van der Waals surface area contributed by atoms with Gasteiger partial charge >= 0.3 is 19.5 Å². The Balaban J connectivity index is 1.86. The predicted octanol–water partition coefficient (Wildman–Crippen LogP) is -3.36. The molecule has 18 nitrogen and oxygen atoms in total. The lowest BCUT2D eigenvalue weighted by Gasteiger charge is -2.28. The first-order valence-corrected chi connectivity index (χ1v) is 12.6. The number of H-pyrrole nitrogens is 1. The van der Waals surface area contributed by atoms with Crippen molar-refractivity contribution in [3.8, 4) is 5.75 Å². The van der Waals surface area contributed by atoms with Gasteiger partial charge in [-0.3, -0.25) is 28.6 Å². The predicted molar refractivity (Wildman–Crippen MR) is 126 cm³/mol. The fourth-order valence-electron chi connectivity index (χ4n) is 3.89. The van der Waals surface area contributed by atoms with Crippen molar-refractivity contribution in [2.24, 2.45) is 11.7 Å². The molecule has 0 radical (unpaired) electrons. The average molecular weight is 575 g/mol. The van der Waals surface area contributed by atoms with Gasteiger partial charge in [0.25, 0.3) is 5.56 Å². The van der Waals surface area contributed by atoms with E-state index in [1.54, 1.807) is 0 Å². The van der Waals surface area contributed by atoms with Crippen molar-refractivity contribution in [2.75, 3.05) is 0 Å². The van der Waals surface area contributed by atoms with Crippen LogP contribution in [0.25, 0.3) is 0 Å². The number of aliphatic hydroxyl groups is 2. The summed E-state index contributed by atoms with van der Waals surface area (Å²) in [6, 6.07) is -0.269. The number of aliphatic carboxylic acids is 1. The molecule has 3 heterocycles. The molecule has 8 atom stereocenters. The fourth-order valence-corrected chi connectivity index (χ4v) is 4.43. The number of aliphatic hydroxyl groups excluding tert-OH is 2. The van der Waals surface area contributed by atoms with Gasteiger partial charge in [0, 0.05) is 18.2 Å². The Morgan fingerprint density at radius 1 is 1.28 bits per heavy atom. The van der Waals surface area contributed by atoms with Crippen molar-refractivity contribution in [1.82, 2.24) is 19.9 Å². The van der Waals surface area contributed by atoms with Crippen LogP contribution >= 0.6 is 7.82 Å². The number of phosphoric ester groups is 1. The van der Waals surface area contributed by atoms with Crippen LogP contribution in [0.2, 0.25) is 0 Å². The molecule has 0 aliphatic carbocycles. The highest BCUT2D eigenvalue weighted by Gasteiger charge is 2.53. The first-order chi connectivity index (χ1) is 18.1. The number of carboxylic acid groups (broad SMARTS) is 1. The average Bonchev–Trinajstić information content (AvgIpc) is 3.15. The number of rotatable bonds is 10. The first kappa shape index (κ1) is 30.1. The van der Waals surface area contributed by atoms with Crippen LogP contribution in [0.4, 0.5) is 0 Å². The SMILES string of the molecule is C[C@@H]([C@H](N)C(=O)N[C@H](C(=O)O)[C@H]1O[C@@H](n2ccc(=O)[nH]c2=O)[C@H](OP(=O)(O)O)[C@@H]1O)[C@H](O)c1ccc(O)cn1. The van der Waals surface area contributed by atoms with E-state index in [9.17, 15) is 54.0 Å². The fraction of sp³-hybridized carbons (Fsp3) is 0.450. The van der Waals surface area contributed by atoms with E-state index in [4.69, 9.17) is 10.5 Å². The zero-order valence-corrected chi connectivity index (χ0v) is 20.9. The second-order valence-electron chi connectivity index (χ2n) is 8.66. The highest BCUT2D eigenvalue weighted by atomic mass is 31.2. The Morgan fingerprint density at radius 3 is 2.49 bits per heavy atom. The van der Waals surface area contributed by atoms with Crippen LogP contribution in [0.5, 0.6) is 5.75 Å². The number of pyridine rings is 1. The van der Waals surface area contributed by atoms with Gasteiger partial charge in [0.2, 0.25) is 5.91 Å². The molecule has 1 amide bonds. The van der Waals surface area contributed by atoms with Crippen LogP contribution in [0, 0.1) is 5.92 Å². The highest BCUT2D eigenvalue weighted by Crippen LogP contribution is 2.44. The van der Waals surface area contributed by atoms with Crippen LogP contribution in [0.3, 0.4) is 0 Å². The number of phosphoric acid groups is 1.